The van der Waals surface area contributed by atoms with E-state index in [1.165, 1.54) is 0 Å². The summed E-state index contributed by atoms with van der Waals surface area (Å²) in [6.45, 7) is 6.00. The maximum atomic E-state index is 5.48. The molecule has 0 radical (unpaired) electrons. The molecule has 0 saturated heterocycles. The molecule has 0 aliphatic heterocycles. The Morgan fingerprint density at radius 1 is 1.12 bits per heavy atom. The van der Waals surface area contributed by atoms with Crippen LogP contribution in [0, 0.1) is 6.92 Å². The van der Waals surface area contributed by atoms with Gasteiger partial charge in [-0.3, -0.25) is 0 Å². The van der Waals surface area contributed by atoms with Gasteiger partial charge in [0.1, 0.15) is 12.4 Å². The number of nitrogens with zero attached hydrogens (tertiary/aromatic N) is 2. The molecule has 0 spiro atoms. The molecule has 2 aromatic carbocycles. The van der Waals surface area contributed by atoms with Crippen LogP contribution in [0.1, 0.15) is 5.69 Å². The summed E-state index contributed by atoms with van der Waals surface area (Å²) in [5.74, 6) is 0.774. The molecular formula is C20H18N2O2. The summed E-state index contributed by atoms with van der Waals surface area (Å²) >= 11 is 0. The number of benzene rings is 2. The van der Waals surface area contributed by atoms with Gasteiger partial charge < -0.3 is 9.26 Å². The second-order valence-corrected chi connectivity index (χ2v) is 5.26. The topological polar surface area (TPSA) is 47.6 Å². The van der Waals surface area contributed by atoms with Gasteiger partial charge in [-0.15, -0.1) is 0 Å². The van der Waals surface area contributed by atoms with Crippen molar-refractivity contribution in [1.82, 2.24) is 5.16 Å². The summed E-state index contributed by atoms with van der Waals surface area (Å²) in [5.41, 5.74) is 4.01. The SMILES string of the molecule is C=CCOc1ccc(N=c2onc(C)cc2-c2ccccc2)cc1. The molecule has 0 aliphatic rings. The van der Waals surface area contributed by atoms with Crippen molar-refractivity contribution in [2.45, 2.75) is 6.92 Å². The predicted octanol–water partition coefficient (Wildman–Crippen LogP) is 4.45. The van der Waals surface area contributed by atoms with Crippen molar-refractivity contribution in [3.63, 3.8) is 0 Å². The third-order valence-electron chi connectivity index (χ3n) is 3.38. The summed E-state index contributed by atoms with van der Waals surface area (Å²) < 4.78 is 11.0. The minimum atomic E-state index is 0.478. The molecule has 3 aromatic rings. The van der Waals surface area contributed by atoms with Crippen LogP contribution in [-0.2, 0) is 0 Å². The quantitative estimate of drug-likeness (QED) is 0.653. The Balaban J connectivity index is 2.00. The third kappa shape index (κ3) is 3.79. The van der Waals surface area contributed by atoms with Crippen LogP contribution in [0.15, 0.2) is 82.8 Å². The zero-order valence-corrected chi connectivity index (χ0v) is 13.5. The largest absolute Gasteiger partial charge is 0.490 e. The highest BCUT2D eigenvalue weighted by molar-refractivity contribution is 5.62. The average Bonchev–Trinajstić information content (AvgIpc) is 2.63. The predicted molar refractivity (Wildman–Crippen MR) is 94.0 cm³/mol. The van der Waals surface area contributed by atoms with Gasteiger partial charge >= 0.3 is 0 Å². The molecule has 0 unspecified atom stereocenters. The van der Waals surface area contributed by atoms with E-state index < -0.39 is 0 Å². The average molecular weight is 318 g/mol. The van der Waals surface area contributed by atoms with Crippen LogP contribution in [0.2, 0.25) is 0 Å². The fourth-order valence-electron chi connectivity index (χ4n) is 2.26. The highest BCUT2D eigenvalue weighted by atomic mass is 16.5. The molecule has 0 fully saturated rings. The Labute approximate surface area is 140 Å². The van der Waals surface area contributed by atoms with Crippen molar-refractivity contribution in [3.8, 4) is 16.9 Å². The van der Waals surface area contributed by atoms with Crippen molar-refractivity contribution in [2.24, 2.45) is 4.99 Å². The van der Waals surface area contributed by atoms with Gasteiger partial charge in [-0.2, -0.15) is 0 Å². The standard InChI is InChI=1S/C20H18N2O2/c1-3-13-23-18-11-9-17(10-12-18)21-20-19(14-15(2)22-24-20)16-7-5-4-6-8-16/h3-12,14H,1,13H2,2H3. The molecule has 4 nitrogen and oxygen atoms in total. The van der Waals surface area contributed by atoms with E-state index in [2.05, 4.69) is 16.7 Å². The first kappa shape index (κ1) is 15.7. The lowest BCUT2D eigenvalue weighted by atomic mass is 10.1. The fourth-order valence-corrected chi connectivity index (χ4v) is 2.26. The summed E-state index contributed by atoms with van der Waals surface area (Å²) in [4.78, 5) is 4.58. The van der Waals surface area contributed by atoms with Gasteiger partial charge in [0.25, 0.3) is 5.55 Å². The number of hydrogen-bond donors (Lipinski definition) is 0. The first-order chi connectivity index (χ1) is 11.8. The molecule has 120 valence electrons. The maximum absolute atomic E-state index is 5.48. The smallest absolute Gasteiger partial charge is 0.257 e. The van der Waals surface area contributed by atoms with E-state index in [1.807, 2.05) is 67.6 Å². The van der Waals surface area contributed by atoms with Crippen LogP contribution >= 0.6 is 0 Å². The van der Waals surface area contributed by atoms with E-state index in [-0.39, 0.29) is 0 Å². The van der Waals surface area contributed by atoms with Crippen LogP contribution in [0.3, 0.4) is 0 Å². The summed E-state index contributed by atoms with van der Waals surface area (Å²) in [6.07, 6.45) is 1.71. The number of rotatable bonds is 5. The van der Waals surface area contributed by atoms with Gasteiger partial charge in [-0.05, 0) is 42.8 Å². The Morgan fingerprint density at radius 3 is 2.58 bits per heavy atom. The molecule has 24 heavy (non-hydrogen) atoms. The zero-order valence-electron chi connectivity index (χ0n) is 13.5. The Morgan fingerprint density at radius 2 is 1.88 bits per heavy atom. The van der Waals surface area contributed by atoms with Crippen molar-refractivity contribution in [2.75, 3.05) is 6.61 Å². The molecule has 3 rings (SSSR count). The minimum Gasteiger partial charge on any atom is -0.490 e. The van der Waals surface area contributed by atoms with E-state index in [1.54, 1.807) is 6.08 Å². The molecule has 0 N–H and O–H groups in total. The van der Waals surface area contributed by atoms with Gasteiger partial charge in [0.2, 0.25) is 0 Å². The van der Waals surface area contributed by atoms with Crippen molar-refractivity contribution >= 4 is 5.69 Å². The Bertz CT molecular complexity index is 882. The molecular weight excluding hydrogens is 300 g/mol. The van der Waals surface area contributed by atoms with Gasteiger partial charge in [-0.25, -0.2) is 4.99 Å². The Hall–Kier alpha value is -3.14. The van der Waals surface area contributed by atoms with E-state index >= 15 is 0 Å². The molecule has 0 bridgehead atoms. The zero-order chi connectivity index (χ0) is 16.8. The lowest BCUT2D eigenvalue weighted by molar-refractivity contribution is 0.356. The number of ether oxygens (including phenoxy) is 1. The Kier molecular flexibility index (Phi) is 4.87. The molecule has 0 atom stereocenters. The highest BCUT2D eigenvalue weighted by Crippen LogP contribution is 2.19. The molecule has 0 aliphatic carbocycles. The first-order valence-electron chi connectivity index (χ1n) is 7.68. The van der Waals surface area contributed by atoms with Gasteiger partial charge in [0.05, 0.1) is 11.4 Å². The molecule has 0 amide bonds. The van der Waals surface area contributed by atoms with Gasteiger partial charge in [0, 0.05) is 5.56 Å². The number of aryl methyl sites for hydroxylation is 1. The summed E-state index contributed by atoms with van der Waals surface area (Å²) in [5, 5.41) is 4.01. The second kappa shape index (κ2) is 7.42. The molecule has 1 heterocycles. The second-order valence-electron chi connectivity index (χ2n) is 5.26. The fraction of sp³-hybridized carbons (Fsp3) is 0.100. The lowest BCUT2D eigenvalue weighted by Crippen LogP contribution is -2.07. The monoisotopic (exact) mass is 318 g/mol. The van der Waals surface area contributed by atoms with Crippen LogP contribution in [0.5, 0.6) is 5.75 Å². The van der Waals surface area contributed by atoms with Crippen LogP contribution < -0.4 is 10.3 Å². The van der Waals surface area contributed by atoms with E-state index in [4.69, 9.17) is 9.26 Å². The van der Waals surface area contributed by atoms with Crippen molar-refractivity contribution < 1.29 is 9.26 Å². The summed E-state index contributed by atoms with van der Waals surface area (Å²) in [6, 6.07) is 19.5. The highest BCUT2D eigenvalue weighted by Gasteiger charge is 2.05. The van der Waals surface area contributed by atoms with E-state index in [9.17, 15) is 0 Å². The number of aromatic nitrogens is 1. The maximum Gasteiger partial charge on any atom is 0.257 e. The number of hydrogen-bond acceptors (Lipinski definition) is 4. The molecule has 4 heteroatoms. The van der Waals surface area contributed by atoms with Crippen LogP contribution in [-0.4, -0.2) is 11.8 Å². The van der Waals surface area contributed by atoms with Crippen molar-refractivity contribution in [3.05, 3.63) is 84.6 Å². The minimum absolute atomic E-state index is 0.478. The van der Waals surface area contributed by atoms with Crippen LogP contribution in [0.25, 0.3) is 11.1 Å². The van der Waals surface area contributed by atoms with E-state index in [0.717, 1.165) is 28.3 Å². The summed E-state index contributed by atoms with van der Waals surface area (Å²) in [7, 11) is 0. The first-order valence-corrected chi connectivity index (χ1v) is 7.68. The van der Waals surface area contributed by atoms with Gasteiger partial charge in [0.15, 0.2) is 0 Å². The lowest BCUT2D eigenvalue weighted by Gasteiger charge is -2.04. The third-order valence-corrected chi connectivity index (χ3v) is 3.38. The van der Waals surface area contributed by atoms with Crippen LogP contribution in [0.4, 0.5) is 5.69 Å². The normalized spacial score (nSPS) is 11.3. The van der Waals surface area contributed by atoms with Crippen molar-refractivity contribution in [1.29, 1.82) is 0 Å². The molecule has 0 saturated carbocycles. The van der Waals surface area contributed by atoms with E-state index in [0.29, 0.717) is 12.2 Å². The molecule has 1 aromatic heterocycles. The van der Waals surface area contributed by atoms with Gasteiger partial charge in [-0.1, -0.05) is 48.1 Å².